The van der Waals surface area contributed by atoms with E-state index in [9.17, 15) is 14.4 Å². The molecule has 0 bridgehead atoms. The van der Waals surface area contributed by atoms with E-state index in [0.717, 1.165) is 24.2 Å². The zero-order chi connectivity index (χ0) is 18.2. The minimum atomic E-state index is -0.872. The number of rotatable bonds is 3. The van der Waals surface area contributed by atoms with E-state index in [1.807, 2.05) is 6.92 Å². The molecule has 3 rings (SSSR count). The van der Waals surface area contributed by atoms with E-state index in [1.165, 1.54) is 0 Å². The van der Waals surface area contributed by atoms with Crippen LogP contribution in [0.4, 0.5) is 10.5 Å². The fourth-order valence-electron chi connectivity index (χ4n) is 3.57. The van der Waals surface area contributed by atoms with Crippen molar-refractivity contribution in [2.75, 3.05) is 11.9 Å². The molecule has 2 atom stereocenters. The van der Waals surface area contributed by atoms with Crippen LogP contribution in [0.15, 0.2) is 18.2 Å². The van der Waals surface area contributed by atoms with Crippen LogP contribution in [0, 0.1) is 5.92 Å². The largest absolute Gasteiger partial charge is 0.325 e. The summed E-state index contributed by atoms with van der Waals surface area (Å²) in [5.74, 6) is -0.779. The summed E-state index contributed by atoms with van der Waals surface area (Å²) in [6.07, 6.45) is 3.41. The van der Waals surface area contributed by atoms with Crippen molar-refractivity contribution in [2.24, 2.45) is 5.92 Å². The first-order valence-corrected chi connectivity index (χ1v) is 8.99. The number of nitrogens with zero attached hydrogens (tertiary/aromatic N) is 1. The lowest BCUT2D eigenvalue weighted by Crippen LogP contribution is -2.54. The summed E-state index contributed by atoms with van der Waals surface area (Å²) in [6, 6.07) is 4.33. The van der Waals surface area contributed by atoms with Crippen LogP contribution in [0.5, 0.6) is 0 Å². The minimum Gasteiger partial charge on any atom is -0.323 e. The molecule has 8 heteroatoms. The molecule has 2 aliphatic rings. The maximum atomic E-state index is 12.8. The Labute approximate surface area is 155 Å². The summed E-state index contributed by atoms with van der Waals surface area (Å²) < 4.78 is 0. The molecule has 2 unspecified atom stereocenters. The van der Waals surface area contributed by atoms with E-state index in [0.29, 0.717) is 17.1 Å². The molecule has 1 aliphatic heterocycles. The van der Waals surface area contributed by atoms with Gasteiger partial charge in [0.2, 0.25) is 5.91 Å². The maximum Gasteiger partial charge on any atom is 0.325 e. The maximum absolute atomic E-state index is 12.8. The molecule has 1 saturated carbocycles. The molecule has 2 fully saturated rings. The second-order valence-electron chi connectivity index (χ2n) is 6.59. The number of nitrogens with one attached hydrogen (secondary N) is 2. The SMILES string of the molecule is CC1CCCCC12NC(=O)N(CC(=O)Nc1cccc(Cl)c1Cl)C2=O. The van der Waals surface area contributed by atoms with Gasteiger partial charge in [0.1, 0.15) is 12.1 Å². The number of carbonyl (C=O) groups excluding carboxylic acids is 3. The van der Waals surface area contributed by atoms with Crippen LogP contribution in [0.2, 0.25) is 10.0 Å². The molecule has 134 valence electrons. The van der Waals surface area contributed by atoms with Crippen molar-refractivity contribution in [2.45, 2.75) is 38.1 Å². The van der Waals surface area contributed by atoms with Gasteiger partial charge in [0, 0.05) is 0 Å². The standard InChI is InChI=1S/C17H19Cl2N3O3/c1-10-5-2-3-8-17(10)15(24)22(16(25)21-17)9-13(23)20-12-7-4-6-11(18)14(12)19/h4,6-7,10H,2-3,5,8-9H2,1H3,(H,20,23)(H,21,25). The average Bonchev–Trinajstić information content (AvgIpc) is 2.80. The van der Waals surface area contributed by atoms with Crippen LogP contribution in [0.3, 0.4) is 0 Å². The van der Waals surface area contributed by atoms with E-state index in [4.69, 9.17) is 23.2 Å². The van der Waals surface area contributed by atoms with Crippen molar-refractivity contribution >= 4 is 46.7 Å². The van der Waals surface area contributed by atoms with Crippen LogP contribution >= 0.6 is 23.2 Å². The number of benzene rings is 1. The molecule has 6 nitrogen and oxygen atoms in total. The summed E-state index contributed by atoms with van der Waals surface area (Å²) >= 11 is 12.0. The van der Waals surface area contributed by atoms with E-state index in [-0.39, 0.29) is 23.4 Å². The number of hydrogen-bond donors (Lipinski definition) is 2. The number of halogens is 2. The first-order valence-electron chi connectivity index (χ1n) is 8.23. The van der Waals surface area contributed by atoms with Crippen molar-refractivity contribution in [1.82, 2.24) is 10.2 Å². The third-order valence-corrected chi connectivity index (χ3v) is 5.85. The predicted molar refractivity (Wildman–Crippen MR) is 95.7 cm³/mol. The molecule has 2 N–H and O–H groups in total. The first kappa shape index (κ1) is 18.0. The van der Waals surface area contributed by atoms with Gasteiger partial charge in [-0.1, -0.05) is 49.0 Å². The predicted octanol–water partition coefficient (Wildman–Crippen LogP) is 3.43. The van der Waals surface area contributed by atoms with Gasteiger partial charge in [0.25, 0.3) is 5.91 Å². The van der Waals surface area contributed by atoms with Gasteiger partial charge < -0.3 is 10.6 Å². The first-order chi connectivity index (χ1) is 11.8. The second kappa shape index (κ2) is 6.84. The number of hydrogen-bond acceptors (Lipinski definition) is 3. The van der Waals surface area contributed by atoms with Gasteiger partial charge in [0.15, 0.2) is 0 Å². The number of imide groups is 1. The third kappa shape index (κ3) is 3.20. The zero-order valence-electron chi connectivity index (χ0n) is 13.8. The summed E-state index contributed by atoms with van der Waals surface area (Å²) in [7, 11) is 0. The lowest BCUT2D eigenvalue weighted by molar-refractivity contribution is -0.136. The normalized spacial score (nSPS) is 26.0. The van der Waals surface area contributed by atoms with Crippen molar-refractivity contribution in [3.05, 3.63) is 28.2 Å². The number of amides is 4. The zero-order valence-corrected chi connectivity index (χ0v) is 15.3. The Bertz CT molecular complexity index is 740. The lowest BCUT2D eigenvalue weighted by atomic mass is 9.73. The topological polar surface area (TPSA) is 78.5 Å². The van der Waals surface area contributed by atoms with Gasteiger partial charge in [-0.05, 0) is 30.9 Å². The number of carbonyl (C=O) groups is 3. The van der Waals surface area contributed by atoms with Crippen LogP contribution in [-0.2, 0) is 9.59 Å². The third-order valence-electron chi connectivity index (χ3n) is 5.03. The molecule has 1 heterocycles. The Balaban J connectivity index is 1.72. The molecule has 25 heavy (non-hydrogen) atoms. The summed E-state index contributed by atoms with van der Waals surface area (Å²) in [6.45, 7) is 1.61. The Hall–Kier alpha value is -1.79. The smallest absolute Gasteiger partial charge is 0.323 e. The average molecular weight is 384 g/mol. The van der Waals surface area contributed by atoms with Crippen molar-refractivity contribution in [1.29, 1.82) is 0 Å². The number of anilines is 1. The molecule has 1 aliphatic carbocycles. The summed E-state index contributed by atoms with van der Waals surface area (Å²) in [5.41, 5.74) is -0.532. The highest BCUT2D eigenvalue weighted by Crippen LogP contribution is 2.38. The van der Waals surface area contributed by atoms with E-state index >= 15 is 0 Å². The molecule has 1 aromatic rings. The molecule has 1 spiro atoms. The van der Waals surface area contributed by atoms with E-state index in [2.05, 4.69) is 10.6 Å². The van der Waals surface area contributed by atoms with Crippen molar-refractivity contribution in [3.8, 4) is 0 Å². The Morgan fingerprint density at radius 2 is 2.12 bits per heavy atom. The van der Waals surface area contributed by atoms with Crippen LogP contribution in [0.1, 0.15) is 32.6 Å². The molecular weight excluding hydrogens is 365 g/mol. The summed E-state index contributed by atoms with van der Waals surface area (Å²) in [4.78, 5) is 38.4. The van der Waals surface area contributed by atoms with Gasteiger partial charge in [-0.2, -0.15) is 0 Å². The summed E-state index contributed by atoms with van der Waals surface area (Å²) in [5, 5.41) is 5.94. The fraction of sp³-hybridized carbons (Fsp3) is 0.471. The molecule has 0 aromatic heterocycles. The highest BCUT2D eigenvalue weighted by molar-refractivity contribution is 6.44. The fourth-order valence-corrected chi connectivity index (χ4v) is 3.92. The molecule has 0 radical (unpaired) electrons. The van der Waals surface area contributed by atoms with Gasteiger partial charge in [-0.25, -0.2) is 4.79 Å². The quantitative estimate of drug-likeness (QED) is 0.784. The van der Waals surface area contributed by atoms with Crippen LogP contribution in [-0.4, -0.2) is 34.8 Å². The molecule has 1 saturated heterocycles. The molecular formula is C17H19Cl2N3O3. The van der Waals surface area contributed by atoms with Gasteiger partial charge in [0.05, 0.1) is 15.7 Å². The van der Waals surface area contributed by atoms with Gasteiger partial charge in [-0.3, -0.25) is 14.5 Å². The Morgan fingerprint density at radius 3 is 2.84 bits per heavy atom. The van der Waals surface area contributed by atoms with Crippen LogP contribution < -0.4 is 10.6 Å². The lowest BCUT2D eigenvalue weighted by Gasteiger charge is -2.36. The van der Waals surface area contributed by atoms with Gasteiger partial charge in [-0.15, -0.1) is 0 Å². The Morgan fingerprint density at radius 1 is 1.36 bits per heavy atom. The second-order valence-corrected chi connectivity index (χ2v) is 7.37. The highest BCUT2D eigenvalue weighted by Gasteiger charge is 2.55. The minimum absolute atomic E-state index is 0.0492. The monoisotopic (exact) mass is 383 g/mol. The number of urea groups is 1. The van der Waals surface area contributed by atoms with E-state index in [1.54, 1.807) is 18.2 Å². The van der Waals surface area contributed by atoms with Crippen LogP contribution in [0.25, 0.3) is 0 Å². The van der Waals surface area contributed by atoms with Crippen molar-refractivity contribution in [3.63, 3.8) is 0 Å². The molecule has 1 aromatic carbocycles. The van der Waals surface area contributed by atoms with E-state index < -0.39 is 17.5 Å². The van der Waals surface area contributed by atoms with Crippen molar-refractivity contribution < 1.29 is 14.4 Å². The van der Waals surface area contributed by atoms with Gasteiger partial charge >= 0.3 is 6.03 Å². The highest BCUT2D eigenvalue weighted by atomic mass is 35.5. The Kier molecular flexibility index (Phi) is 4.93. The molecule has 4 amide bonds.